The molecule has 3 aromatic carbocycles. The molecule has 0 saturated carbocycles. The van der Waals surface area contributed by atoms with Crippen molar-refractivity contribution in [2.75, 3.05) is 24.3 Å². The number of anilines is 1. The Morgan fingerprint density at radius 1 is 0.971 bits per heavy atom. The van der Waals surface area contributed by atoms with E-state index in [1.165, 1.54) is 11.8 Å². The lowest BCUT2D eigenvalue weighted by atomic mass is 10.2. The van der Waals surface area contributed by atoms with Crippen LogP contribution in [0.3, 0.4) is 0 Å². The molecular weight excluding hydrogens is 516 g/mol. The zero-order chi connectivity index (χ0) is 23.3. The van der Waals surface area contributed by atoms with E-state index in [2.05, 4.69) is 31.4 Å². The molecule has 1 aliphatic rings. The first-order chi connectivity index (χ1) is 16.7. The SMILES string of the molecule is O=C(CCSc1nnc(-c2cccc(Br)c2)n1-c1ccccc1)Nc1ccc2c(c1)OCCO2. The van der Waals surface area contributed by atoms with E-state index >= 15 is 0 Å². The Bertz CT molecular complexity index is 1310. The Kier molecular flexibility index (Phi) is 6.82. The minimum Gasteiger partial charge on any atom is -0.486 e. The largest absolute Gasteiger partial charge is 0.486 e. The summed E-state index contributed by atoms with van der Waals surface area (Å²) >= 11 is 5.03. The molecular formula is C25H21BrN4O3S. The fraction of sp³-hybridized carbons (Fsp3) is 0.160. The van der Waals surface area contributed by atoms with Crippen molar-refractivity contribution in [3.8, 4) is 28.6 Å². The fourth-order valence-electron chi connectivity index (χ4n) is 3.57. The van der Waals surface area contributed by atoms with Gasteiger partial charge in [-0.3, -0.25) is 9.36 Å². The predicted molar refractivity (Wildman–Crippen MR) is 136 cm³/mol. The van der Waals surface area contributed by atoms with E-state index in [1.54, 1.807) is 6.07 Å². The predicted octanol–water partition coefficient (Wildman–Crippen LogP) is 5.59. The van der Waals surface area contributed by atoms with Crippen molar-refractivity contribution in [3.05, 3.63) is 77.3 Å². The van der Waals surface area contributed by atoms with Gasteiger partial charge in [0.1, 0.15) is 13.2 Å². The van der Waals surface area contributed by atoms with Crippen LogP contribution in [0.4, 0.5) is 5.69 Å². The normalized spacial score (nSPS) is 12.4. The highest BCUT2D eigenvalue weighted by Gasteiger charge is 2.17. The Hall–Kier alpha value is -3.30. The molecule has 1 aliphatic heterocycles. The van der Waals surface area contributed by atoms with Crippen molar-refractivity contribution in [1.29, 1.82) is 0 Å². The summed E-state index contributed by atoms with van der Waals surface area (Å²) in [4.78, 5) is 12.5. The van der Waals surface area contributed by atoms with Crippen molar-refractivity contribution in [2.24, 2.45) is 0 Å². The zero-order valence-electron chi connectivity index (χ0n) is 18.1. The van der Waals surface area contributed by atoms with Gasteiger partial charge in [0.15, 0.2) is 22.5 Å². The van der Waals surface area contributed by atoms with E-state index in [9.17, 15) is 4.79 Å². The zero-order valence-corrected chi connectivity index (χ0v) is 20.5. The molecule has 5 rings (SSSR count). The smallest absolute Gasteiger partial charge is 0.225 e. The van der Waals surface area contributed by atoms with Gasteiger partial charge < -0.3 is 14.8 Å². The number of benzene rings is 3. The van der Waals surface area contributed by atoms with Crippen molar-refractivity contribution in [1.82, 2.24) is 14.8 Å². The number of fused-ring (bicyclic) bond motifs is 1. The first-order valence-corrected chi connectivity index (χ1v) is 12.5. The summed E-state index contributed by atoms with van der Waals surface area (Å²) in [6, 6.07) is 23.3. The number of para-hydroxylation sites is 1. The van der Waals surface area contributed by atoms with Gasteiger partial charge >= 0.3 is 0 Å². The summed E-state index contributed by atoms with van der Waals surface area (Å²) in [6.45, 7) is 1.04. The topological polar surface area (TPSA) is 78.3 Å². The van der Waals surface area contributed by atoms with E-state index in [4.69, 9.17) is 9.47 Å². The number of nitrogens with one attached hydrogen (secondary N) is 1. The van der Waals surface area contributed by atoms with Crippen molar-refractivity contribution >= 4 is 39.3 Å². The lowest BCUT2D eigenvalue weighted by Crippen LogP contribution is -2.16. The van der Waals surface area contributed by atoms with Crippen LogP contribution in [0.15, 0.2) is 82.4 Å². The van der Waals surface area contributed by atoms with Gasteiger partial charge in [0.2, 0.25) is 5.91 Å². The monoisotopic (exact) mass is 536 g/mol. The summed E-state index contributed by atoms with van der Waals surface area (Å²) in [5.41, 5.74) is 2.60. The number of hydrogen-bond donors (Lipinski definition) is 1. The van der Waals surface area contributed by atoms with Gasteiger partial charge in [-0.2, -0.15) is 0 Å². The molecule has 9 heteroatoms. The highest BCUT2D eigenvalue weighted by Crippen LogP contribution is 2.33. The third kappa shape index (κ3) is 5.10. The molecule has 7 nitrogen and oxygen atoms in total. The van der Waals surface area contributed by atoms with Crippen LogP contribution in [-0.4, -0.2) is 39.6 Å². The van der Waals surface area contributed by atoms with Crippen molar-refractivity contribution < 1.29 is 14.3 Å². The molecule has 0 unspecified atom stereocenters. The molecule has 0 radical (unpaired) electrons. The maximum absolute atomic E-state index is 12.5. The third-order valence-electron chi connectivity index (χ3n) is 5.12. The molecule has 0 aliphatic carbocycles. The Morgan fingerprint density at radius 3 is 2.62 bits per heavy atom. The molecule has 1 aromatic heterocycles. The quantitative estimate of drug-likeness (QED) is 0.310. The molecule has 0 atom stereocenters. The molecule has 1 amide bonds. The average molecular weight is 537 g/mol. The highest BCUT2D eigenvalue weighted by atomic mass is 79.9. The van der Waals surface area contributed by atoms with Crippen LogP contribution in [0.1, 0.15) is 6.42 Å². The number of carbonyl (C=O) groups is 1. The number of carbonyl (C=O) groups excluding carboxylic acids is 1. The average Bonchev–Trinajstić information content (AvgIpc) is 3.28. The number of amides is 1. The molecule has 2 heterocycles. The number of halogens is 1. The number of hydrogen-bond acceptors (Lipinski definition) is 6. The van der Waals surface area contributed by atoms with Crippen LogP contribution in [0, 0.1) is 0 Å². The molecule has 4 aromatic rings. The van der Waals surface area contributed by atoms with Gasteiger partial charge in [-0.05, 0) is 36.4 Å². The number of ether oxygens (including phenoxy) is 2. The van der Waals surface area contributed by atoms with Gasteiger partial charge in [-0.1, -0.05) is 58.0 Å². The summed E-state index contributed by atoms with van der Waals surface area (Å²) in [6.07, 6.45) is 0.326. The molecule has 0 saturated heterocycles. The number of rotatable bonds is 7. The maximum atomic E-state index is 12.5. The van der Waals surface area contributed by atoms with Gasteiger partial charge in [-0.15, -0.1) is 10.2 Å². The van der Waals surface area contributed by atoms with E-state index < -0.39 is 0 Å². The Labute approximate surface area is 209 Å². The maximum Gasteiger partial charge on any atom is 0.225 e. The molecule has 34 heavy (non-hydrogen) atoms. The second kappa shape index (κ2) is 10.3. The van der Waals surface area contributed by atoms with Crippen LogP contribution in [0.25, 0.3) is 17.1 Å². The minimum absolute atomic E-state index is 0.0813. The van der Waals surface area contributed by atoms with E-state index in [1.807, 2.05) is 71.3 Å². The number of nitrogens with zero attached hydrogens (tertiary/aromatic N) is 3. The molecule has 0 fully saturated rings. The van der Waals surface area contributed by atoms with Gasteiger partial charge in [0.25, 0.3) is 0 Å². The van der Waals surface area contributed by atoms with Gasteiger partial charge in [-0.25, -0.2) is 0 Å². The fourth-order valence-corrected chi connectivity index (χ4v) is 4.86. The highest BCUT2D eigenvalue weighted by molar-refractivity contribution is 9.10. The Balaban J connectivity index is 1.28. The summed E-state index contributed by atoms with van der Waals surface area (Å²) in [7, 11) is 0. The Morgan fingerprint density at radius 2 is 1.79 bits per heavy atom. The van der Waals surface area contributed by atoms with Crippen LogP contribution >= 0.6 is 27.7 Å². The van der Waals surface area contributed by atoms with Gasteiger partial charge in [0.05, 0.1) is 0 Å². The molecule has 172 valence electrons. The van der Waals surface area contributed by atoms with E-state index in [0.29, 0.717) is 42.6 Å². The van der Waals surface area contributed by atoms with Crippen LogP contribution in [-0.2, 0) is 4.79 Å². The van der Waals surface area contributed by atoms with Crippen LogP contribution < -0.4 is 14.8 Å². The van der Waals surface area contributed by atoms with Crippen molar-refractivity contribution in [2.45, 2.75) is 11.6 Å². The standard InChI is InChI=1S/C25H21BrN4O3S/c26-18-6-4-5-17(15-18)24-28-29-25(30(24)20-7-2-1-3-8-20)34-14-11-23(31)27-19-9-10-21-22(16-19)33-13-12-32-21/h1-10,15-16H,11-14H2,(H,27,31). The molecule has 0 bridgehead atoms. The molecule has 1 N–H and O–H groups in total. The van der Waals surface area contributed by atoms with Crippen LogP contribution in [0.2, 0.25) is 0 Å². The molecule has 0 spiro atoms. The lowest BCUT2D eigenvalue weighted by Gasteiger charge is -2.19. The van der Waals surface area contributed by atoms with Crippen LogP contribution in [0.5, 0.6) is 11.5 Å². The second-order valence-electron chi connectivity index (χ2n) is 7.49. The van der Waals surface area contributed by atoms with Crippen molar-refractivity contribution in [3.63, 3.8) is 0 Å². The first kappa shape index (κ1) is 22.5. The lowest BCUT2D eigenvalue weighted by molar-refractivity contribution is -0.115. The van der Waals surface area contributed by atoms with E-state index in [0.717, 1.165) is 26.7 Å². The summed E-state index contributed by atoms with van der Waals surface area (Å²) < 4.78 is 14.1. The summed E-state index contributed by atoms with van der Waals surface area (Å²) in [5.74, 6) is 2.56. The first-order valence-electron chi connectivity index (χ1n) is 10.8. The third-order valence-corrected chi connectivity index (χ3v) is 6.54. The minimum atomic E-state index is -0.0813. The van der Waals surface area contributed by atoms with E-state index in [-0.39, 0.29) is 5.91 Å². The second-order valence-corrected chi connectivity index (χ2v) is 9.47. The number of aromatic nitrogens is 3. The summed E-state index contributed by atoms with van der Waals surface area (Å²) in [5, 5.41) is 12.5. The number of thioether (sulfide) groups is 1. The van der Waals surface area contributed by atoms with Gasteiger partial charge in [0, 0.05) is 39.7 Å².